The minimum Gasteiger partial charge on any atom is -0.461 e. The quantitative estimate of drug-likeness (QED) is 0.575. The highest BCUT2D eigenvalue weighted by Gasteiger charge is 2.43. The molecule has 1 atom stereocenters. The third-order valence-electron chi connectivity index (χ3n) is 5.11. The van der Waals surface area contributed by atoms with Gasteiger partial charge in [0.05, 0.1) is 17.2 Å². The van der Waals surface area contributed by atoms with Gasteiger partial charge in [-0.05, 0) is 36.6 Å². The summed E-state index contributed by atoms with van der Waals surface area (Å²) in [6.07, 6.45) is 2.93. The molecule has 1 aromatic heterocycles. The molecule has 0 saturated heterocycles. The second-order valence-corrected chi connectivity index (χ2v) is 9.41. The lowest BCUT2D eigenvalue weighted by Crippen LogP contribution is -2.39. The summed E-state index contributed by atoms with van der Waals surface area (Å²) in [6, 6.07) is 5.60. The molecule has 0 saturated carbocycles. The molecular weight excluding hydrogens is 372 g/mol. The first-order valence-electron chi connectivity index (χ1n) is 9.74. The predicted octanol–water partition coefficient (Wildman–Crippen LogP) is 3.98. The molecule has 1 aliphatic heterocycles. The lowest BCUT2D eigenvalue weighted by atomic mass is 9.69. The van der Waals surface area contributed by atoms with Gasteiger partial charge in [-0.3, -0.25) is 9.78 Å². The normalized spacial score (nSPS) is 21.3. The fourth-order valence-corrected chi connectivity index (χ4v) is 4.45. The number of ether oxygens (including phenoxy) is 1. The SMILES string of the molecule is CCSCCOC(=O)C1=C(C)NC2=C(C(=O)CC(C)(C)C2)[C@H]1c1ccccn1. The fraction of sp³-hybridized carbons (Fsp3) is 0.500. The van der Waals surface area contributed by atoms with Crippen LogP contribution in [0.4, 0.5) is 0 Å². The molecule has 0 amide bonds. The summed E-state index contributed by atoms with van der Waals surface area (Å²) < 4.78 is 5.54. The maximum absolute atomic E-state index is 13.1. The Bertz CT molecular complexity index is 827. The maximum atomic E-state index is 13.1. The van der Waals surface area contributed by atoms with Gasteiger partial charge in [-0.2, -0.15) is 11.8 Å². The van der Waals surface area contributed by atoms with Gasteiger partial charge >= 0.3 is 5.97 Å². The van der Waals surface area contributed by atoms with Crippen LogP contribution < -0.4 is 5.32 Å². The highest BCUT2D eigenvalue weighted by atomic mass is 32.2. The van der Waals surface area contributed by atoms with Crippen molar-refractivity contribution < 1.29 is 14.3 Å². The van der Waals surface area contributed by atoms with Gasteiger partial charge in [0, 0.05) is 35.3 Å². The zero-order valence-electron chi connectivity index (χ0n) is 17.0. The molecule has 2 heterocycles. The van der Waals surface area contributed by atoms with Crippen LogP contribution in [-0.2, 0) is 14.3 Å². The standard InChI is InChI=1S/C22H28N2O3S/c1-5-28-11-10-27-21(26)18-14(2)24-16-12-22(3,4)13-17(25)19(16)20(18)15-8-6-7-9-23-15/h6-9,20,24H,5,10-13H2,1-4H3/t20-/m0/s1. The first-order valence-corrected chi connectivity index (χ1v) is 10.9. The van der Waals surface area contributed by atoms with E-state index in [1.807, 2.05) is 25.1 Å². The molecule has 0 fully saturated rings. The van der Waals surface area contributed by atoms with Crippen molar-refractivity contribution in [2.45, 2.75) is 46.5 Å². The van der Waals surface area contributed by atoms with E-state index in [-0.39, 0.29) is 17.2 Å². The maximum Gasteiger partial charge on any atom is 0.336 e. The molecule has 0 aromatic carbocycles. The molecule has 1 aromatic rings. The fourth-order valence-electron chi connectivity index (χ4n) is 3.96. The van der Waals surface area contributed by atoms with Crippen molar-refractivity contribution in [3.05, 3.63) is 52.6 Å². The third-order valence-corrected chi connectivity index (χ3v) is 5.97. The van der Waals surface area contributed by atoms with Crippen molar-refractivity contribution in [3.63, 3.8) is 0 Å². The number of aromatic nitrogens is 1. The molecule has 150 valence electrons. The second kappa shape index (κ2) is 8.52. The van der Waals surface area contributed by atoms with Crippen LogP contribution >= 0.6 is 11.8 Å². The molecule has 5 nitrogen and oxygen atoms in total. The van der Waals surface area contributed by atoms with E-state index in [0.717, 1.165) is 29.3 Å². The number of allylic oxidation sites excluding steroid dienone is 3. The van der Waals surface area contributed by atoms with Crippen molar-refractivity contribution in [3.8, 4) is 0 Å². The number of esters is 1. The number of carbonyl (C=O) groups is 2. The van der Waals surface area contributed by atoms with Gasteiger partial charge in [0.15, 0.2) is 5.78 Å². The molecule has 0 unspecified atom stereocenters. The lowest BCUT2D eigenvalue weighted by molar-refractivity contribution is -0.138. The summed E-state index contributed by atoms with van der Waals surface area (Å²) >= 11 is 1.73. The zero-order valence-corrected chi connectivity index (χ0v) is 17.8. The molecule has 1 aliphatic carbocycles. The van der Waals surface area contributed by atoms with Gasteiger partial charge in [0.2, 0.25) is 0 Å². The largest absolute Gasteiger partial charge is 0.461 e. The molecule has 28 heavy (non-hydrogen) atoms. The molecule has 3 rings (SSSR count). The van der Waals surface area contributed by atoms with E-state index in [0.29, 0.717) is 29.9 Å². The number of nitrogens with zero attached hydrogens (tertiary/aromatic N) is 1. The molecule has 1 N–H and O–H groups in total. The van der Waals surface area contributed by atoms with Gasteiger partial charge in [0.1, 0.15) is 6.61 Å². The monoisotopic (exact) mass is 400 g/mol. The highest BCUT2D eigenvalue weighted by molar-refractivity contribution is 7.99. The Morgan fingerprint density at radius 1 is 1.36 bits per heavy atom. The van der Waals surface area contributed by atoms with Crippen molar-refractivity contribution in [2.75, 3.05) is 18.1 Å². The van der Waals surface area contributed by atoms with E-state index in [4.69, 9.17) is 4.74 Å². The van der Waals surface area contributed by atoms with Gasteiger partial charge in [0.25, 0.3) is 0 Å². The number of carbonyl (C=O) groups excluding carboxylic acids is 2. The Morgan fingerprint density at radius 2 is 2.14 bits per heavy atom. The van der Waals surface area contributed by atoms with Crippen LogP contribution in [-0.4, -0.2) is 34.8 Å². The van der Waals surface area contributed by atoms with Gasteiger partial charge in [-0.25, -0.2) is 4.79 Å². The van der Waals surface area contributed by atoms with Crippen LogP contribution in [0.15, 0.2) is 46.9 Å². The number of thioether (sulfide) groups is 1. The summed E-state index contributed by atoms with van der Waals surface area (Å²) in [6.45, 7) is 8.51. The van der Waals surface area contributed by atoms with E-state index in [9.17, 15) is 9.59 Å². The number of hydrogen-bond donors (Lipinski definition) is 1. The second-order valence-electron chi connectivity index (χ2n) is 8.02. The average Bonchev–Trinajstić information content (AvgIpc) is 2.63. The average molecular weight is 401 g/mol. The number of ketones is 1. The molecule has 0 radical (unpaired) electrons. The minimum absolute atomic E-state index is 0.0775. The molecule has 2 aliphatic rings. The molecule has 0 bridgehead atoms. The van der Waals surface area contributed by atoms with Crippen molar-refractivity contribution >= 4 is 23.5 Å². The van der Waals surface area contributed by atoms with Crippen LogP contribution in [0.25, 0.3) is 0 Å². The number of pyridine rings is 1. The summed E-state index contributed by atoms with van der Waals surface area (Å²) in [7, 11) is 0. The van der Waals surface area contributed by atoms with Crippen LogP contribution in [0.3, 0.4) is 0 Å². The molecular formula is C22H28N2O3S. The lowest BCUT2D eigenvalue weighted by Gasteiger charge is -2.39. The Hall–Kier alpha value is -2.08. The highest BCUT2D eigenvalue weighted by Crippen LogP contribution is 2.46. The third kappa shape index (κ3) is 4.32. The van der Waals surface area contributed by atoms with Gasteiger partial charge < -0.3 is 10.1 Å². The van der Waals surface area contributed by atoms with Crippen LogP contribution in [0.5, 0.6) is 0 Å². The number of rotatable bonds is 6. The van der Waals surface area contributed by atoms with Crippen LogP contribution in [0, 0.1) is 5.41 Å². The molecule has 0 spiro atoms. The van der Waals surface area contributed by atoms with E-state index in [1.165, 1.54) is 0 Å². The first kappa shape index (κ1) is 20.6. The zero-order chi connectivity index (χ0) is 20.3. The van der Waals surface area contributed by atoms with E-state index >= 15 is 0 Å². The Morgan fingerprint density at radius 3 is 2.82 bits per heavy atom. The van der Waals surface area contributed by atoms with Crippen LogP contribution in [0.2, 0.25) is 0 Å². The smallest absolute Gasteiger partial charge is 0.336 e. The Balaban J connectivity index is 1.99. The van der Waals surface area contributed by atoms with Crippen molar-refractivity contribution in [2.24, 2.45) is 5.41 Å². The summed E-state index contributed by atoms with van der Waals surface area (Å²) in [5.74, 6) is 0.970. The van der Waals surface area contributed by atoms with Gasteiger partial charge in [-0.1, -0.05) is 26.8 Å². The topological polar surface area (TPSA) is 68.3 Å². The number of hydrogen-bond acceptors (Lipinski definition) is 6. The molecule has 6 heteroatoms. The minimum atomic E-state index is -0.479. The number of dihydropyridines is 1. The number of Topliss-reactive ketones (excluding diaryl/α,β-unsaturated/α-hetero) is 1. The van der Waals surface area contributed by atoms with Gasteiger partial charge in [-0.15, -0.1) is 0 Å². The summed E-state index contributed by atoms with van der Waals surface area (Å²) in [5, 5.41) is 3.34. The first-order chi connectivity index (χ1) is 13.3. The summed E-state index contributed by atoms with van der Waals surface area (Å²) in [5.41, 5.74) is 3.41. The van der Waals surface area contributed by atoms with E-state index in [1.54, 1.807) is 18.0 Å². The van der Waals surface area contributed by atoms with Crippen LogP contribution in [0.1, 0.15) is 52.1 Å². The summed E-state index contributed by atoms with van der Waals surface area (Å²) in [4.78, 5) is 30.6. The van der Waals surface area contributed by atoms with Crippen molar-refractivity contribution in [1.82, 2.24) is 10.3 Å². The number of nitrogens with one attached hydrogen (secondary N) is 1. The van der Waals surface area contributed by atoms with E-state index < -0.39 is 5.92 Å². The Labute approximate surface area is 171 Å². The Kier molecular flexibility index (Phi) is 6.28. The van der Waals surface area contributed by atoms with E-state index in [2.05, 4.69) is 31.1 Å². The van der Waals surface area contributed by atoms with Crippen molar-refractivity contribution in [1.29, 1.82) is 0 Å². The predicted molar refractivity (Wildman–Crippen MR) is 112 cm³/mol.